The Labute approximate surface area is 122 Å². The largest absolute Gasteiger partial charge is 0.367 e. The van der Waals surface area contributed by atoms with Gasteiger partial charge in [-0.2, -0.15) is 4.98 Å². The summed E-state index contributed by atoms with van der Waals surface area (Å²) in [5.74, 6) is 0.953. The van der Waals surface area contributed by atoms with Crippen LogP contribution in [0.2, 0.25) is 0 Å². The van der Waals surface area contributed by atoms with E-state index in [1.54, 1.807) is 0 Å². The van der Waals surface area contributed by atoms with Gasteiger partial charge in [0.15, 0.2) is 0 Å². The van der Waals surface area contributed by atoms with Gasteiger partial charge in [-0.05, 0) is 27.2 Å². The zero-order chi connectivity index (χ0) is 14.8. The first-order chi connectivity index (χ1) is 9.50. The highest BCUT2D eigenvalue weighted by molar-refractivity contribution is 7.10. The number of nitrogens with two attached hydrogens (primary N) is 1. The molecule has 110 valence electrons. The average Bonchev–Trinajstić information content (AvgIpc) is 3.07. The summed E-state index contributed by atoms with van der Waals surface area (Å²) in [4.78, 5) is 8.82. The molecule has 0 amide bonds. The number of ether oxygens (including phenoxy) is 1. The molecule has 2 atom stereocenters. The molecule has 0 aliphatic carbocycles. The molecule has 0 spiro atoms. The Bertz CT molecular complexity index is 566. The normalized spacial score (nSPS) is 16.1. The van der Waals surface area contributed by atoms with Crippen LogP contribution >= 0.6 is 11.3 Å². The quantitative estimate of drug-likeness (QED) is 0.882. The molecule has 2 rings (SSSR count). The van der Waals surface area contributed by atoms with Crippen LogP contribution in [0, 0.1) is 0 Å². The van der Waals surface area contributed by atoms with Crippen molar-refractivity contribution in [2.24, 2.45) is 5.73 Å². The summed E-state index contributed by atoms with van der Waals surface area (Å²) >= 11 is 1.49. The van der Waals surface area contributed by atoms with Crippen molar-refractivity contribution >= 4 is 11.3 Å². The van der Waals surface area contributed by atoms with Crippen molar-refractivity contribution in [1.29, 1.82) is 0 Å². The summed E-state index contributed by atoms with van der Waals surface area (Å²) in [7, 11) is 0. The summed E-state index contributed by atoms with van der Waals surface area (Å²) < 4.78 is 11.0. The highest BCUT2D eigenvalue weighted by Crippen LogP contribution is 2.29. The van der Waals surface area contributed by atoms with E-state index in [1.165, 1.54) is 11.3 Å². The minimum absolute atomic E-state index is 0.0968. The van der Waals surface area contributed by atoms with Gasteiger partial charge in [0.05, 0.1) is 6.04 Å². The van der Waals surface area contributed by atoms with Crippen molar-refractivity contribution in [3.63, 3.8) is 0 Å². The second-order valence-electron chi connectivity index (χ2n) is 4.80. The molecule has 7 heteroatoms. The van der Waals surface area contributed by atoms with Crippen LogP contribution in [-0.2, 0) is 10.3 Å². The number of rotatable bonds is 6. The molecule has 0 aromatic carbocycles. The van der Waals surface area contributed by atoms with Crippen LogP contribution < -0.4 is 5.73 Å². The zero-order valence-corrected chi connectivity index (χ0v) is 13.0. The standard InChI is InChI=1S/C13H20N4O2S/c1-5-13(4,18-6-2)12-16-10(19-17-12)9-7-20-11(15-9)8(3)14/h7-8H,5-6,14H2,1-4H3. The number of hydrogen-bond acceptors (Lipinski definition) is 7. The van der Waals surface area contributed by atoms with Gasteiger partial charge in [0.2, 0.25) is 5.82 Å². The van der Waals surface area contributed by atoms with Crippen LogP contribution in [0.15, 0.2) is 9.90 Å². The van der Waals surface area contributed by atoms with E-state index < -0.39 is 5.60 Å². The SMILES string of the molecule is CCOC(C)(CC)c1noc(-c2csc(C(C)N)n2)n1. The van der Waals surface area contributed by atoms with Crippen molar-refractivity contribution in [1.82, 2.24) is 15.1 Å². The van der Waals surface area contributed by atoms with Crippen molar-refractivity contribution in [2.45, 2.75) is 45.8 Å². The fraction of sp³-hybridized carbons (Fsp3) is 0.615. The predicted molar refractivity (Wildman–Crippen MR) is 77.3 cm³/mol. The molecule has 0 radical (unpaired) electrons. The van der Waals surface area contributed by atoms with Crippen LogP contribution in [0.5, 0.6) is 0 Å². The van der Waals surface area contributed by atoms with Crippen LogP contribution in [-0.4, -0.2) is 21.7 Å². The van der Waals surface area contributed by atoms with Gasteiger partial charge < -0.3 is 15.0 Å². The first kappa shape index (κ1) is 15.1. The predicted octanol–water partition coefficient (Wildman–Crippen LogP) is 2.87. The first-order valence-electron chi connectivity index (χ1n) is 6.69. The lowest BCUT2D eigenvalue weighted by molar-refractivity contribution is -0.0403. The molecule has 0 aliphatic heterocycles. The van der Waals surface area contributed by atoms with E-state index in [9.17, 15) is 0 Å². The molecule has 2 N–H and O–H groups in total. The molecule has 2 aromatic heterocycles. The van der Waals surface area contributed by atoms with E-state index in [2.05, 4.69) is 15.1 Å². The summed E-state index contributed by atoms with van der Waals surface area (Å²) in [6.07, 6.45) is 0.766. The van der Waals surface area contributed by atoms with E-state index in [-0.39, 0.29) is 6.04 Å². The molecule has 2 aromatic rings. The van der Waals surface area contributed by atoms with Gasteiger partial charge >= 0.3 is 0 Å². The van der Waals surface area contributed by atoms with Crippen LogP contribution in [0.1, 0.15) is 51.0 Å². The minimum Gasteiger partial charge on any atom is -0.367 e. The van der Waals surface area contributed by atoms with E-state index in [0.717, 1.165) is 11.4 Å². The van der Waals surface area contributed by atoms with Crippen molar-refractivity contribution in [3.8, 4) is 11.6 Å². The van der Waals surface area contributed by atoms with Crippen molar-refractivity contribution in [3.05, 3.63) is 16.2 Å². The van der Waals surface area contributed by atoms with Gasteiger partial charge in [-0.1, -0.05) is 12.1 Å². The van der Waals surface area contributed by atoms with Gasteiger partial charge in [-0.25, -0.2) is 4.98 Å². The van der Waals surface area contributed by atoms with Gasteiger partial charge in [0.25, 0.3) is 5.89 Å². The molecule has 0 bridgehead atoms. The van der Waals surface area contributed by atoms with Crippen molar-refractivity contribution < 1.29 is 9.26 Å². The number of hydrogen-bond donors (Lipinski definition) is 1. The fourth-order valence-electron chi connectivity index (χ4n) is 1.78. The zero-order valence-electron chi connectivity index (χ0n) is 12.2. The third-order valence-corrected chi connectivity index (χ3v) is 4.21. The maximum atomic E-state index is 5.80. The lowest BCUT2D eigenvalue weighted by Crippen LogP contribution is -2.26. The molecule has 20 heavy (non-hydrogen) atoms. The van der Waals surface area contributed by atoms with E-state index >= 15 is 0 Å². The minimum atomic E-state index is -0.531. The second kappa shape index (κ2) is 5.99. The van der Waals surface area contributed by atoms with Gasteiger partial charge in [-0.15, -0.1) is 11.3 Å². The summed E-state index contributed by atoms with van der Waals surface area (Å²) in [5, 5.41) is 6.76. The maximum Gasteiger partial charge on any atom is 0.277 e. The molecule has 2 unspecified atom stereocenters. The Balaban J connectivity index is 2.27. The maximum absolute atomic E-state index is 5.80. The van der Waals surface area contributed by atoms with Crippen molar-refractivity contribution in [2.75, 3.05) is 6.61 Å². The molecule has 0 aliphatic rings. The third kappa shape index (κ3) is 2.89. The van der Waals surface area contributed by atoms with E-state index in [1.807, 2.05) is 33.1 Å². The highest BCUT2D eigenvalue weighted by Gasteiger charge is 2.31. The first-order valence-corrected chi connectivity index (χ1v) is 7.57. The molecule has 6 nitrogen and oxygen atoms in total. The Morgan fingerprint density at radius 1 is 1.45 bits per heavy atom. The molecule has 0 saturated heterocycles. The molecule has 2 heterocycles. The lowest BCUT2D eigenvalue weighted by Gasteiger charge is -2.23. The Kier molecular flexibility index (Phi) is 4.52. The van der Waals surface area contributed by atoms with Crippen LogP contribution in [0.4, 0.5) is 0 Å². The third-order valence-electron chi connectivity index (χ3n) is 3.17. The number of nitrogens with zero attached hydrogens (tertiary/aromatic N) is 3. The lowest BCUT2D eigenvalue weighted by atomic mass is 10.0. The van der Waals surface area contributed by atoms with Gasteiger partial charge in [0, 0.05) is 12.0 Å². The average molecular weight is 296 g/mol. The summed E-state index contributed by atoms with van der Waals surface area (Å²) in [6, 6.07) is -0.0968. The second-order valence-corrected chi connectivity index (χ2v) is 5.69. The number of thiazole rings is 1. The smallest absolute Gasteiger partial charge is 0.277 e. The molecule has 0 saturated carbocycles. The summed E-state index contributed by atoms with van der Waals surface area (Å²) in [6.45, 7) is 8.43. The van der Waals surface area contributed by atoms with Gasteiger partial charge in [-0.3, -0.25) is 0 Å². The Morgan fingerprint density at radius 3 is 2.75 bits per heavy atom. The van der Waals surface area contributed by atoms with E-state index in [4.69, 9.17) is 15.0 Å². The van der Waals surface area contributed by atoms with E-state index in [0.29, 0.717) is 24.0 Å². The molecular formula is C13H20N4O2S. The van der Waals surface area contributed by atoms with Crippen LogP contribution in [0.25, 0.3) is 11.6 Å². The number of aromatic nitrogens is 3. The Morgan fingerprint density at radius 2 is 2.20 bits per heavy atom. The highest BCUT2D eigenvalue weighted by atomic mass is 32.1. The molecular weight excluding hydrogens is 276 g/mol. The summed E-state index contributed by atoms with van der Waals surface area (Å²) in [5.41, 5.74) is 5.93. The molecule has 0 fully saturated rings. The monoisotopic (exact) mass is 296 g/mol. The topological polar surface area (TPSA) is 87.1 Å². The van der Waals surface area contributed by atoms with Crippen LogP contribution in [0.3, 0.4) is 0 Å². The fourth-order valence-corrected chi connectivity index (χ4v) is 2.53. The Hall–Kier alpha value is -1.31. The van der Waals surface area contributed by atoms with Gasteiger partial charge in [0.1, 0.15) is 16.3 Å².